The number of aromatic nitrogens is 1. The van der Waals surface area contributed by atoms with E-state index in [4.69, 9.17) is 32.5 Å². The van der Waals surface area contributed by atoms with Gasteiger partial charge in [-0.1, -0.05) is 34.4 Å². The van der Waals surface area contributed by atoms with Crippen LogP contribution in [-0.4, -0.2) is 11.2 Å². The second-order valence-electron chi connectivity index (χ2n) is 4.78. The van der Waals surface area contributed by atoms with E-state index in [1.54, 1.807) is 18.2 Å². The molecule has 1 fully saturated rings. The van der Waals surface area contributed by atoms with Gasteiger partial charge in [0.1, 0.15) is 17.4 Å². The van der Waals surface area contributed by atoms with Crippen LogP contribution in [0.25, 0.3) is 0 Å². The average molecular weight is 313 g/mol. The predicted octanol–water partition coefficient (Wildman–Crippen LogP) is 3.81. The van der Waals surface area contributed by atoms with Crippen molar-refractivity contribution < 1.29 is 9.26 Å². The smallest absolute Gasteiger partial charge is 0.174 e. The number of hydrogen-bond acceptors (Lipinski definition) is 4. The van der Waals surface area contributed by atoms with Crippen molar-refractivity contribution >= 4 is 23.2 Å². The van der Waals surface area contributed by atoms with Crippen molar-refractivity contribution in [1.29, 1.82) is 0 Å². The molecule has 0 atom stereocenters. The van der Waals surface area contributed by atoms with Gasteiger partial charge in [0.15, 0.2) is 5.76 Å². The maximum atomic E-state index is 6.04. The van der Waals surface area contributed by atoms with Crippen molar-refractivity contribution in [2.75, 3.05) is 0 Å². The minimum Gasteiger partial charge on any atom is -0.484 e. The lowest BCUT2D eigenvalue weighted by molar-refractivity contribution is 0.248. The van der Waals surface area contributed by atoms with Crippen LogP contribution < -0.4 is 10.1 Å². The minimum atomic E-state index is 0.274. The highest BCUT2D eigenvalue weighted by Crippen LogP contribution is 2.31. The van der Waals surface area contributed by atoms with Gasteiger partial charge in [-0.2, -0.15) is 0 Å². The highest BCUT2D eigenvalue weighted by molar-refractivity contribution is 6.42. The molecule has 106 valence electrons. The second-order valence-corrected chi connectivity index (χ2v) is 5.57. The fourth-order valence-corrected chi connectivity index (χ4v) is 2.13. The van der Waals surface area contributed by atoms with Crippen molar-refractivity contribution in [3.05, 3.63) is 45.8 Å². The van der Waals surface area contributed by atoms with Crippen LogP contribution in [0.5, 0.6) is 5.75 Å². The zero-order valence-electron chi connectivity index (χ0n) is 10.7. The molecule has 1 saturated carbocycles. The summed E-state index contributed by atoms with van der Waals surface area (Å²) in [5.74, 6) is 1.20. The van der Waals surface area contributed by atoms with E-state index in [-0.39, 0.29) is 6.61 Å². The molecule has 0 spiro atoms. The summed E-state index contributed by atoms with van der Waals surface area (Å²) in [6.45, 7) is 1.00. The van der Waals surface area contributed by atoms with Crippen molar-refractivity contribution in [3.63, 3.8) is 0 Å². The van der Waals surface area contributed by atoms with Crippen LogP contribution in [0.2, 0.25) is 10.0 Å². The quantitative estimate of drug-likeness (QED) is 0.881. The largest absolute Gasteiger partial charge is 0.484 e. The fourth-order valence-electron chi connectivity index (χ4n) is 1.79. The van der Waals surface area contributed by atoms with Crippen molar-refractivity contribution in [2.45, 2.75) is 32.0 Å². The van der Waals surface area contributed by atoms with E-state index in [0.29, 0.717) is 27.6 Å². The summed E-state index contributed by atoms with van der Waals surface area (Å²) in [4.78, 5) is 0. The molecular weight excluding hydrogens is 299 g/mol. The molecular formula is C14H14Cl2N2O2. The van der Waals surface area contributed by atoms with E-state index >= 15 is 0 Å². The van der Waals surface area contributed by atoms with Gasteiger partial charge < -0.3 is 14.6 Å². The summed E-state index contributed by atoms with van der Waals surface area (Å²) in [5, 5.41) is 8.24. The van der Waals surface area contributed by atoms with Gasteiger partial charge in [0, 0.05) is 18.7 Å². The third-order valence-corrected chi connectivity index (χ3v) is 3.84. The Morgan fingerprint density at radius 2 is 2.20 bits per heavy atom. The molecule has 1 aliphatic carbocycles. The number of halogens is 2. The molecule has 2 aromatic rings. The molecule has 1 aliphatic rings. The second kappa shape index (κ2) is 6.04. The summed E-state index contributed by atoms with van der Waals surface area (Å²) in [6, 6.07) is 7.80. The Bertz CT molecular complexity index is 597. The summed E-state index contributed by atoms with van der Waals surface area (Å²) < 4.78 is 10.8. The van der Waals surface area contributed by atoms with E-state index in [2.05, 4.69) is 10.5 Å². The standard InChI is InChI=1S/C14H14Cl2N2O2/c15-12-2-1-3-13(14(12)16)19-8-11-6-10(18-20-11)7-17-9-4-5-9/h1-3,6,9,17H,4-5,7-8H2. The van der Waals surface area contributed by atoms with E-state index < -0.39 is 0 Å². The monoisotopic (exact) mass is 312 g/mol. The van der Waals surface area contributed by atoms with E-state index in [9.17, 15) is 0 Å². The van der Waals surface area contributed by atoms with Crippen LogP contribution in [0, 0.1) is 0 Å². The van der Waals surface area contributed by atoms with Gasteiger partial charge in [0.05, 0.1) is 10.7 Å². The minimum absolute atomic E-state index is 0.274. The van der Waals surface area contributed by atoms with Crippen LogP contribution in [-0.2, 0) is 13.2 Å². The predicted molar refractivity (Wildman–Crippen MR) is 77.2 cm³/mol. The molecule has 0 amide bonds. The highest BCUT2D eigenvalue weighted by Gasteiger charge is 2.20. The number of benzene rings is 1. The molecule has 1 heterocycles. The highest BCUT2D eigenvalue weighted by atomic mass is 35.5. The number of ether oxygens (including phenoxy) is 1. The number of nitrogens with zero attached hydrogens (tertiary/aromatic N) is 1. The number of nitrogens with one attached hydrogen (secondary N) is 1. The Kier molecular flexibility index (Phi) is 4.15. The molecule has 20 heavy (non-hydrogen) atoms. The van der Waals surface area contributed by atoms with E-state index in [1.807, 2.05) is 6.07 Å². The first-order valence-corrected chi connectivity index (χ1v) is 7.22. The molecule has 1 aromatic heterocycles. The van der Waals surface area contributed by atoms with Crippen molar-refractivity contribution in [1.82, 2.24) is 10.5 Å². The normalized spacial score (nSPS) is 14.5. The summed E-state index contributed by atoms with van der Waals surface area (Å²) >= 11 is 12.0. The molecule has 0 bridgehead atoms. The third-order valence-electron chi connectivity index (χ3n) is 3.04. The summed E-state index contributed by atoms with van der Waals surface area (Å²) in [5.41, 5.74) is 0.882. The van der Waals surface area contributed by atoms with Gasteiger partial charge in [-0.25, -0.2) is 0 Å². The molecule has 0 radical (unpaired) electrons. The molecule has 0 aliphatic heterocycles. The van der Waals surface area contributed by atoms with Gasteiger partial charge >= 0.3 is 0 Å². The third kappa shape index (κ3) is 3.45. The zero-order valence-corrected chi connectivity index (χ0v) is 12.2. The lowest BCUT2D eigenvalue weighted by Crippen LogP contribution is -2.15. The molecule has 4 nitrogen and oxygen atoms in total. The van der Waals surface area contributed by atoms with Gasteiger partial charge in [0.25, 0.3) is 0 Å². The maximum absolute atomic E-state index is 6.04. The zero-order chi connectivity index (χ0) is 13.9. The Labute approximate surface area is 127 Å². The Morgan fingerprint density at radius 1 is 1.35 bits per heavy atom. The lowest BCUT2D eigenvalue weighted by Gasteiger charge is -2.06. The molecule has 0 unspecified atom stereocenters. The van der Waals surface area contributed by atoms with Crippen LogP contribution in [0.4, 0.5) is 0 Å². The summed E-state index contributed by atoms with van der Waals surface area (Å²) in [7, 11) is 0. The Balaban J connectivity index is 1.56. The first kappa shape index (κ1) is 13.7. The van der Waals surface area contributed by atoms with Crippen molar-refractivity contribution in [2.24, 2.45) is 0 Å². The molecule has 3 rings (SSSR count). The van der Waals surface area contributed by atoms with E-state index in [1.165, 1.54) is 12.8 Å². The van der Waals surface area contributed by atoms with Crippen molar-refractivity contribution in [3.8, 4) is 5.75 Å². The molecule has 1 aromatic carbocycles. The Hall–Kier alpha value is -1.23. The topological polar surface area (TPSA) is 47.3 Å². The average Bonchev–Trinajstić information content (AvgIpc) is 3.17. The first-order valence-electron chi connectivity index (χ1n) is 6.47. The van der Waals surface area contributed by atoms with Gasteiger partial charge in [-0.3, -0.25) is 0 Å². The SMILES string of the molecule is Clc1cccc(OCc2cc(CNC3CC3)no2)c1Cl. The first-order chi connectivity index (χ1) is 9.72. The van der Waals surface area contributed by atoms with Crippen LogP contribution in [0.15, 0.2) is 28.8 Å². The lowest BCUT2D eigenvalue weighted by atomic mass is 10.3. The van der Waals surface area contributed by atoms with Crippen LogP contribution in [0.3, 0.4) is 0 Å². The number of rotatable bonds is 6. The maximum Gasteiger partial charge on any atom is 0.174 e. The Morgan fingerprint density at radius 3 is 3.00 bits per heavy atom. The summed E-state index contributed by atoms with van der Waals surface area (Å²) in [6.07, 6.45) is 2.50. The molecule has 6 heteroatoms. The molecule has 1 N–H and O–H groups in total. The fraction of sp³-hybridized carbons (Fsp3) is 0.357. The number of hydrogen-bond donors (Lipinski definition) is 1. The van der Waals surface area contributed by atoms with Crippen LogP contribution >= 0.6 is 23.2 Å². The van der Waals surface area contributed by atoms with E-state index in [0.717, 1.165) is 12.2 Å². The van der Waals surface area contributed by atoms with Gasteiger partial charge in [-0.05, 0) is 25.0 Å². The van der Waals surface area contributed by atoms with Crippen LogP contribution in [0.1, 0.15) is 24.3 Å². The van der Waals surface area contributed by atoms with Gasteiger partial charge in [0.2, 0.25) is 0 Å². The van der Waals surface area contributed by atoms with Gasteiger partial charge in [-0.15, -0.1) is 0 Å². The molecule has 0 saturated heterocycles.